The fraction of sp³-hybridized carbons (Fsp3) is 0.476. The van der Waals surface area contributed by atoms with Crippen molar-refractivity contribution in [1.82, 2.24) is 15.1 Å². The Morgan fingerprint density at radius 3 is 2.55 bits per heavy atom. The number of aliphatic hydroxyl groups is 1. The molecule has 156 valence electrons. The van der Waals surface area contributed by atoms with E-state index in [2.05, 4.69) is 10.4 Å². The summed E-state index contributed by atoms with van der Waals surface area (Å²) in [6.07, 6.45) is 3.48. The van der Waals surface area contributed by atoms with Crippen LogP contribution in [0, 0.1) is 0 Å². The Labute approximate surface area is 167 Å². The largest absolute Gasteiger partial charge is 0.431 e. The van der Waals surface area contributed by atoms with E-state index in [1.807, 2.05) is 10.9 Å². The number of aromatic nitrogens is 2. The molecule has 0 aliphatic carbocycles. The van der Waals surface area contributed by atoms with Gasteiger partial charge in [0.1, 0.15) is 5.70 Å². The molecule has 2 aliphatic heterocycles. The third kappa shape index (κ3) is 3.91. The zero-order valence-electron chi connectivity index (χ0n) is 16.5. The Bertz CT molecular complexity index is 963. The Kier molecular flexibility index (Phi) is 4.94. The smallest absolute Gasteiger partial charge is 0.386 e. The van der Waals surface area contributed by atoms with Crippen LogP contribution in [-0.4, -0.2) is 40.7 Å². The molecule has 2 N–H and O–H groups in total. The number of hydrogen-bond acceptors (Lipinski definition) is 4. The van der Waals surface area contributed by atoms with Gasteiger partial charge in [0.05, 0.1) is 17.2 Å². The summed E-state index contributed by atoms with van der Waals surface area (Å²) in [6.45, 7) is 5.08. The third-order valence-electron chi connectivity index (χ3n) is 5.53. The zero-order valence-corrected chi connectivity index (χ0v) is 16.5. The molecule has 0 amide bonds. The van der Waals surface area contributed by atoms with Crippen LogP contribution in [0.15, 0.2) is 42.3 Å². The quantitative estimate of drug-likeness (QED) is 0.809. The molecular formula is C21H25F3N4O. The van der Waals surface area contributed by atoms with E-state index >= 15 is 0 Å². The molecule has 0 unspecified atom stereocenters. The van der Waals surface area contributed by atoms with Crippen LogP contribution in [0.4, 0.5) is 18.9 Å². The van der Waals surface area contributed by atoms with E-state index in [1.54, 1.807) is 32.1 Å². The van der Waals surface area contributed by atoms with Crippen LogP contribution in [0.2, 0.25) is 0 Å². The van der Waals surface area contributed by atoms with Gasteiger partial charge in [0, 0.05) is 29.4 Å². The Hall–Kier alpha value is -2.32. The van der Waals surface area contributed by atoms with Crippen LogP contribution in [0.3, 0.4) is 0 Å². The second-order valence-electron chi connectivity index (χ2n) is 8.17. The molecule has 1 saturated heterocycles. The number of rotatable bonds is 3. The van der Waals surface area contributed by atoms with Crippen molar-refractivity contribution in [1.29, 1.82) is 0 Å². The van der Waals surface area contributed by atoms with Crippen LogP contribution in [0.25, 0.3) is 10.9 Å². The molecule has 8 heteroatoms. The molecule has 1 fully saturated rings. The van der Waals surface area contributed by atoms with Crippen molar-refractivity contribution in [2.45, 2.75) is 44.5 Å². The molecule has 2 aliphatic rings. The number of nitrogens with zero attached hydrogens (tertiary/aromatic N) is 3. The number of alkyl halides is 3. The lowest BCUT2D eigenvalue weighted by atomic mass is 9.94. The summed E-state index contributed by atoms with van der Waals surface area (Å²) in [5.41, 5.74) is -0.612. The molecule has 0 bridgehead atoms. The normalized spacial score (nSPS) is 19.1. The summed E-state index contributed by atoms with van der Waals surface area (Å²) >= 11 is 0. The second-order valence-corrected chi connectivity index (χ2v) is 8.17. The van der Waals surface area contributed by atoms with Gasteiger partial charge in [0.15, 0.2) is 0 Å². The van der Waals surface area contributed by atoms with E-state index in [0.717, 1.165) is 37.4 Å². The van der Waals surface area contributed by atoms with Gasteiger partial charge < -0.3 is 15.3 Å². The highest BCUT2D eigenvalue weighted by Crippen LogP contribution is 2.40. The SMILES string of the molecule is CC(C)(O)c1cc2nn(C3CCNCC3)cc2cc1N1CC=CC=C1C(F)(F)F. The van der Waals surface area contributed by atoms with Crippen molar-refractivity contribution in [2.75, 3.05) is 24.5 Å². The van der Waals surface area contributed by atoms with Gasteiger partial charge in [-0.15, -0.1) is 0 Å². The minimum absolute atomic E-state index is 0.0857. The maximum Gasteiger partial charge on any atom is 0.431 e. The molecule has 5 nitrogen and oxygen atoms in total. The summed E-state index contributed by atoms with van der Waals surface area (Å²) in [5.74, 6) is 0. The molecule has 0 spiro atoms. The lowest BCUT2D eigenvalue weighted by molar-refractivity contribution is -0.0934. The number of nitrogens with one attached hydrogen (secondary N) is 1. The average Bonchev–Trinajstić information content (AvgIpc) is 3.09. The number of hydrogen-bond donors (Lipinski definition) is 2. The molecule has 0 saturated carbocycles. The highest BCUT2D eigenvalue weighted by Gasteiger charge is 2.40. The van der Waals surface area contributed by atoms with Crippen molar-refractivity contribution in [3.8, 4) is 0 Å². The van der Waals surface area contributed by atoms with Crippen LogP contribution in [0.5, 0.6) is 0 Å². The van der Waals surface area contributed by atoms with Crippen molar-refractivity contribution in [2.24, 2.45) is 0 Å². The summed E-state index contributed by atoms with van der Waals surface area (Å²) in [7, 11) is 0. The monoisotopic (exact) mass is 406 g/mol. The number of benzene rings is 1. The topological polar surface area (TPSA) is 53.3 Å². The van der Waals surface area contributed by atoms with Gasteiger partial charge in [-0.05, 0) is 58.0 Å². The second kappa shape index (κ2) is 7.18. The highest BCUT2D eigenvalue weighted by atomic mass is 19.4. The van der Waals surface area contributed by atoms with Gasteiger partial charge >= 0.3 is 6.18 Å². The Morgan fingerprint density at radius 2 is 1.90 bits per heavy atom. The van der Waals surface area contributed by atoms with Gasteiger partial charge in [-0.1, -0.05) is 12.2 Å². The van der Waals surface area contributed by atoms with E-state index < -0.39 is 17.5 Å². The molecule has 3 heterocycles. The first kappa shape index (κ1) is 20.0. The standard InChI is InChI=1S/C21H25F3N4O/c1-20(2,29)16-12-17-14(13-28(26-17)15-6-8-25-9-7-15)11-18(16)27-10-4-3-5-19(27)21(22,23)24/h3-5,11-13,15,25,29H,6-10H2,1-2H3. The van der Waals surface area contributed by atoms with E-state index in [-0.39, 0.29) is 12.6 Å². The first-order valence-corrected chi connectivity index (χ1v) is 9.82. The summed E-state index contributed by atoms with van der Waals surface area (Å²) in [6, 6.07) is 3.70. The van der Waals surface area contributed by atoms with E-state index in [4.69, 9.17) is 0 Å². The Balaban J connectivity index is 1.83. The molecule has 0 atom stereocenters. The predicted octanol–water partition coefficient (Wildman–Crippen LogP) is 4.01. The van der Waals surface area contributed by atoms with Crippen LogP contribution in [0.1, 0.15) is 38.3 Å². The maximum absolute atomic E-state index is 13.6. The van der Waals surface area contributed by atoms with Gasteiger partial charge in [-0.3, -0.25) is 4.68 Å². The number of anilines is 1. The molecule has 2 aromatic rings. The van der Waals surface area contributed by atoms with Crippen LogP contribution in [-0.2, 0) is 5.60 Å². The van der Waals surface area contributed by atoms with E-state index in [1.165, 1.54) is 11.0 Å². The van der Waals surface area contributed by atoms with Crippen molar-refractivity contribution < 1.29 is 18.3 Å². The lowest BCUT2D eigenvalue weighted by Crippen LogP contribution is -2.35. The molecule has 0 radical (unpaired) electrons. The zero-order chi connectivity index (χ0) is 20.8. The van der Waals surface area contributed by atoms with Crippen LogP contribution < -0.4 is 10.2 Å². The molecule has 4 rings (SSSR count). The summed E-state index contributed by atoms with van der Waals surface area (Å²) in [4.78, 5) is 1.22. The first-order chi connectivity index (χ1) is 13.6. The van der Waals surface area contributed by atoms with Gasteiger partial charge in [-0.2, -0.15) is 18.3 Å². The van der Waals surface area contributed by atoms with Gasteiger partial charge in [0.25, 0.3) is 0 Å². The van der Waals surface area contributed by atoms with Crippen molar-refractivity contribution >= 4 is 16.6 Å². The summed E-state index contributed by atoms with van der Waals surface area (Å²) < 4.78 is 42.8. The van der Waals surface area contributed by atoms with Crippen LogP contribution >= 0.6 is 0 Å². The predicted molar refractivity (Wildman–Crippen MR) is 107 cm³/mol. The first-order valence-electron chi connectivity index (χ1n) is 9.82. The molecule has 1 aromatic carbocycles. The van der Waals surface area contributed by atoms with E-state index in [9.17, 15) is 18.3 Å². The number of halogens is 3. The summed E-state index contributed by atoms with van der Waals surface area (Å²) in [5, 5.41) is 19.5. The fourth-order valence-electron chi connectivity index (χ4n) is 4.04. The number of piperidine rings is 1. The third-order valence-corrected chi connectivity index (χ3v) is 5.53. The van der Waals surface area contributed by atoms with Gasteiger partial charge in [-0.25, -0.2) is 0 Å². The molecule has 1 aromatic heterocycles. The molecular weight excluding hydrogens is 381 g/mol. The number of fused-ring (bicyclic) bond motifs is 1. The average molecular weight is 406 g/mol. The van der Waals surface area contributed by atoms with Gasteiger partial charge in [0.2, 0.25) is 0 Å². The van der Waals surface area contributed by atoms with Crippen molar-refractivity contribution in [3.63, 3.8) is 0 Å². The fourth-order valence-corrected chi connectivity index (χ4v) is 4.04. The maximum atomic E-state index is 13.6. The Morgan fingerprint density at radius 1 is 1.17 bits per heavy atom. The minimum Gasteiger partial charge on any atom is -0.386 e. The highest BCUT2D eigenvalue weighted by molar-refractivity contribution is 5.85. The van der Waals surface area contributed by atoms with E-state index in [0.29, 0.717) is 16.8 Å². The van der Waals surface area contributed by atoms with Crippen molar-refractivity contribution in [3.05, 3.63) is 47.8 Å². The minimum atomic E-state index is -4.49. The lowest BCUT2D eigenvalue weighted by Gasteiger charge is -2.33. The molecule has 29 heavy (non-hydrogen) atoms. The number of allylic oxidation sites excluding steroid dienone is 3.